The molecule has 0 saturated carbocycles. The second-order valence-electron chi connectivity index (χ2n) is 5.36. The predicted molar refractivity (Wildman–Crippen MR) is 107 cm³/mol. The molecule has 27 heavy (non-hydrogen) atoms. The van der Waals surface area contributed by atoms with E-state index < -0.39 is 11.9 Å². The van der Waals surface area contributed by atoms with E-state index >= 15 is 0 Å². The van der Waals surface area contributed by atoms with Crippen LogP contribution in [0.5, 0.6) is 5.75 Å². The van der Waals surface area contributed by atoms with Crippen molar-refractivity contribution in [1.29, 1.82) is 0 Å². The molecule has 0 aliphatic rings. The van der Waals surface area contributed by atoms with Gasteiger partial charge >= 0.3 is 5.97 Å². The fourth-order valence-corrected chi connectivity index (χ4v) is 3.70. The predicted octanol–water partition coefficient (Wildman–Crippen LogP) is 5.21. The lowest BCUT2D eigenvalue weighted by molar-refractivity contribution is 0.0529. The lowest BCUT2D eigenvalue weighted by Crippen LogP contribution is -2.14. The van der Waals surface area contributed by atoms with E-state index in [9.17, 15) is 9.59 Å². The average Bonchev–Trinajstić information content (AvgIpc) is 3.28. The second kappa shape index (κ2) is 8.41. The van der Waals surface area contributed by atoms with E-state index in [1.54, 1.807) is 38.3 Å². The Hall–Kier alpha value is -2.58. The first-order valence-electron chi connectivity index (χ1n) is 8.03. The molecular formula is C19H16BrNO5S. The summed E-state index contributed by atoms with van der Waals surface area (Å²) >= 11 is 4.41. The van der Waals surface area contributed by atoms with Crippen LogP contribution in [0.2, 0.25) is 0 Å². The number of ether oxygens (including phenoxy) is 2. The van der Waals surface area contributed by atoms with Gasteiger partial charge in [0.05, 0.1) is 13.7 Å². The van der Waals surface area contributed by atoms with E-state index in [-0.39, 0.29) is 12.4 Å². The van der Waals surface area contributed by atoms with Gasteiger partial charge in [-0.2, -0.15) is 0 Å². The molecule has 0 aliphatic carbocycles. The Bertz CT molecular complexity index is 961. The molecule has 0 unspecified atom stereocenters. The van der Waals surface area contributed by atoms with Crippen molar-refractivity contribution >= 4 is 44.1 Å². The number of hydrogen-bond donors (Lipinski definition) is 1. The molecule has 0 radical (unpaired) electrons. The van der Waals surface area contributed by atoms with E-state index in [4.69, 9.17) is 13.9 Å². The molecule has 8 heteroatoms. The molecule has 1 N–H and O–H groups in total. The SMILES string of the molecule is CCOC(=O)c1c(-c2ccc(OC)cc2)csc1NC(=O)c1ccc(Br)o1. The van der Waals surface area contributed by atoms with E-state index in [2.05, 4.69) is 21.2 Å². The number of anilines is 1. The Balaban J connectivity index is 1.97. The normalized spacial score (nSPS) is 10.5. The highest BCUT2D eigenvalue weighted by atomic mass is 79.9. The van der Waals surface area contributed by atoms with Gasteiger partial charge in [0.2, 0.25) is 0 Å². The highest BCUT2D eigenvalue weighted by molar-refractivity contribution is 9.10. The zero-order chi connectivity index (χ0) is 19.4. The molecule has 1 amide bonds. The topological polar surface area (TPSA) is 77.8 Å². The van der Waals surface area contributed by atoms with Crippen molar-refractivity contribution in [3.63, 3.8) is 0 Å². The Labute approximate surface area is 168 Å². The molecule has 0 aliphatic heterocycles. The Morgan fingerprint density at radius 3 is 2.52 bits per heavy atom. The lowest BCUT2D eigenvalue weighted by Gasteiger charge is -2.08. The number of methoxy groups -OCH3 is 1. The van der Waals surface area contributed by atoms with Crippen LogP contribution >= 0.6 is 27.3 Å². The van der Waals surface area contributed by atoms with Crippen molar-refractivity contribution in [3.05, 3.63) is 57.8 Å². The number of thiophene rings is 1. The highest BCUT2D eigenvalue weighted by Gasteiger charge is 2.24. The van der Waals surface area contributed by atoms with Gasteiger partial charge in [0.15, 0.2) is 10.4 Å². The van der Waals surface area contributed by atoms with Crippen LogP contribution in [-0.2, 0) is 4.74 Å². The number of esters is 1. The quantitative estimate of drug-likeness (QED) is 0.522. The largest absolute Gasteiger partial charge is 0.497 e. The Morgan fingerprint density at radius 1 is 1.19 bits per heavy atom. The first-order valence-corrected chi connectivity index (χ1v) is 9.70. The third-order valence-corrected chi connectivity index (χ3v) is 5.02. The summed E-state index contributed by atoms with van der Waals surface area (Å²) in [6, 6.07) is 10.5. The third-order valence-electron chi connectivity index (χ3n) is 3.70. The molecule has 3 rings (SSSR count). The number of benzene rings is 1. The van der Waals surface area contributed by atoms with Gasteiger partial charge < -0.3 is 19.2 Å². The maximum Gasteiger partial charge on any atom is 0.341 e. The van der Waals surface area contributed by atoms with Gasteiger partial charge in [-0.05, 0) is 52.7 Å². The summed E-state index contributed by atoms with van der Waals surface area (Å²) in [7, 11) is 1.59. The van der Waals surface area contributed by atoms with E-state index in [1.807, 2.05) is 17.5 Å². The summed E-state index contributed by atoms with van der Waals surface area (Å²) < 4.78 is 16.1. The molecule has 0 spiro atoms. The summed E-state index contributed by atoms with van der Waals surface area (Å²) in [4.78, 5) is 24.9. The van der Waals surface area contributed by atoms with Crippen LogP contribution in [-0.4, -0.2) is 25.6 Å². The van der Waals surface area contributed by atoms with Gasteiger partial charge in [-0.25, -0.2) is 4.79 Å². The fourth-order valence-electron chi connectivity index (χ4n) is 2.44. The van der Waals surface area contributed by atoms with Crippen LogP contribution in [0.1, 0.15) is 27.8 Å². The third kappa shape index (κ3) is 4.23. The van der Waals surface area contributed by atoms with Crippen LogP contribution in [0.25, 0.3) is 11.1 Å². The molecule has 0 bridgehead atoms. The second-order valence-corrected chi connectivity index (χ2v) is 7.02. The molecule has 3 aromatic rings. The van der Waals surface area contributed by atoms with Crippen molar-refractivity contribution in [1.82, 2.24) is 0 Å². The van der Waals surface area contributed by atoms with Crippen LogP contribution in [0, 0.1) is 0 Å². The van der Waals surface area contributed by atoms with Crippen LogP contribution in [0.3, 0.4) is 0 Å². The summed E-state index contributed by atoms with van der Waals surface area (Å²) in [5, 5.41) is 4.94. The number of rotatable bonds is 6. The molecule has 1 aromatic carbocycles. The van der Waals surface area contributed by atoms with Gasteiger partial charge in [0, 0.05) is 10.9 Å². The number of amides is 1. The lowest BCUT2D eigenvalue weighted by atomic mass is 10.0. The van der Waals surface area contributed by atoms with Gasteiger partial charge in [0.1, 0.15) is 16.3 Å². The maximum atomic E-state index is 12.5. The number of carbonyl (C=O) groups is 2. The van der Waals surface area contributed by atoms with Crippen LogP contribution in [0.4, 0.5) is 5.00 Å². The average molecular weight is 450 g/mol. The van der Waals surface area contributed by atoms with Gasteiger partial charge in [-0.15, -0.1) is 11.3 Å². The smallest absolute Gasteiger partial charge is 0.341 e. The standard InChI is InChI=1S/C19H16BrNO5S/c1-3-25-19(23)16-13(11-4-6-12(24-2)7-5-11)10-27-18(16)21-17(22)14-8-9-15(20)26-14/h4-10H,3H2,1-2H3,(H,21,22). The minimum absolute atomic E-state index is 0.135. The van der Waals surface area contributed by atoms with Crippen LogP contribution < -0.4 is 10.1 Å². The summed E-state index contributed by atoms with van der Waals surface area (Å²) in [5.74, 6) is -0.102. The van der Waals surface area contributed by atoms with Crippen molar-refractivity contribution in [2.24, 2.45) is 0 Å². The maximum absolute atomic E-state index is 12.5. The monoisotopic (exact) mass is 449 g/mol. The molecule has 0 saturated heterocycles. The Morgan fingerprint density at radius 2 is 1.93 bits per heavy atom. The summed E-state index contributed by atoms with van der Waals surface area (Å²) in [5.41, 5.74) is 1.80. The minimum atomic E-state index is -0.500. The summed E-state index contributed by atoms with van der Waals surface area (Å²) in [6.45, 7) is 1.96. The molecule has 2 aromatic heterocycles. The highest BCUT2D eigenvalue weighted by Crippen LogP contribution is 2.37. The van der Waals surface area contributed by atoms with E-state index in [1.165, 1.54) is 11.3 Å². The zero-order valence-electron chi connectivity index (χ0n) is 14.6. The summed E-state index contributed by atoms with van der Waals surface area (Å²) in [6.07, 6.45) is 0. The fraction of sp³-hybridized carbons (Fsp3) is 0.158. The zero-order valence-corrected chi connectivity index (χ0v) is 17.0. The molecular weight excluding hydrogens is 434 g/mol. The van der Waals surface area contributed by atoms with Gasteiger partial charge in [-0.1, -0.05) is 12.1 Å². The van der Waals surface area contributed by atoms with Gasteiger partial charge in [0.25, 0.3) is 5.91 Å². The number of halogens is 1. The molecule has 6 nitrogen and oxygen atoms in total. The first-order chi connectivity index (χ1) is 13.0. The number of hydrogen-bond acceptors (Lipinski definition) is 6. The molecule has 140 valence electrons. The van der Waals surface area contributed by atoms with E-state index in [0.29, 0.717) is 26.5 Å². The minimum Gasteiger partial charge on any atom is -0.497 e. The van der Waals surface area contributed by atoms with Crippen molar-refractivity contribution in [2.75, 3.05) is 19.0 Å². The number of nitrogens with one attached hydrogen (secondary N) is 1. The Kier molecular flexibility index (Phi) is 5.98. The van der Waals surface area contributed by atoms with Crippen LogP contribution in [0.15, 0.2) is 50.9 Å². The molecule has 2 heterocycles. The number of carbonyl (C=O) groups excluding carboxylic acids is 2. The van der Waals surface area contributed by atoms with Gasteiger partial charge in [-0.3, -0.25) is 4.79 Å². The van der Waals surface area contributed by atoms with Crippen molar-refractivity contribution in [3.8, 4) is 16.9 Å². The van der Waals surface area contributed by atoms with Crippen molar-refractivity contribution in [2.45, 2.75) is 6.92 Å². The van der Waals surface area contributed by atoms with Crippen molar-refractivity contribution < 1.29 is 23.5 Å². The number of furan rings is 1. The molecule has 0 fully saturated rings. The van der Waals surface area contributed by atoms with E-state index in [0.717, 1.165) is 5.56 Å². The molecule has 0 atom stereocenters. The first kappa shape index (κ1) is 19.2.